The standard InChI is InChI=1S/C20H14BrF4N3O3S/c21-8-15-16(32-18(27-15)10-1-3-11(4-2-10)20(23,24)25)9-31-12-5-6-13(14(22)7-12)17(26)28-19(29)30/h1-7H,8-9H2,(H2,26,28)(H,29,30)/p+1. The third kappa shape index (κ3) is 5.62. The van der Waals surface area contributed by atoms with E-state index in [0.717, 1.165) is 18.2 Å². The first-order valence-corrected chi connectivity index (χ1v) is 10.8. The van der Waals surface area contributed by atoms with Crippen LogP contribution in [0.25, 0.3) is 10.6 Å². The lowest BCUT2D eigenvalue weighted by Crippen LogP contribution is -2.79. The van der Waals surface area contributed by atoms with Crippen molar-refractivity contribution in [2.45, 2.75) is 18.1 Å². The van der Waals surface area contributed by atoms with Gasteiger partial charge in [0.2, 0.25) is 0 Å². The minimum atomic E-state index is -4.42. The first kappa shape index (κ1) is 23.7. The number of hydrogen-bond donors (Lipinski definition) is 3. The van der Waals surface area contributed by atoms with Crippen LogP contribution in [0.4, 0.5) is 22.4 Å². The van der Waals surface area contributed by atoms with E-state index in [1.165, 1.54) is 35.6 Å². The number of nitrogens with zero attached hydrogens (tertiary/aromatic N) is 1. The Labute approximate surface area is 191 Å². The lowest BCUT2D eigenvalue weighted by molar-refractivity contribution is -0.364. The Kier molecular flexibility index (Phi) is 7.14. The third-order valence-corrected chi connectivity index (χ3v) is 5.86. The van der Waals surface area contributed by atoms with Crippen molar-refractivity contribution in [1.29, 1.82) is 0 Å². The molecule has 2 aromatic carbocycles. The lowest BCUT2D eigenvalue weighted by atomic mass is 10.1. The molecule has 1 heterocycles. The summed E-state index contributed by atoms with van der Waals surface area (Å²) in [5.74, 6) is -0.949. The second-order valence-electron chi connectivity index (χ2n) is 6.37. The van der Waals surface area contributed by atoms with Gasteiger partial charge in [0.25, 0.3) is 5.84 Å². The van der Waals surface area contributed by atoms with Crippen LogP contribution in [0.5, 0.6) is 5.75 Å². The van der Waals surface area contributed by atoms with Gasteiger partial charge in [0, 0.05) is 17.0 Å². The van der Waals surface area contributed by atoms with Crippen LogP contribution in [-0.2, 0) is 18.1 Å². The van der Waals surface area contributed by atoms with E-state index in [-0.39, 0.29) is 23.8 Å². The summed E-state index contributed by atoms with van der Waals surface area (Å²) in [7, 11) is 0. The monoisotopic (exact) mass is 532 g/mol. The van der Waals surface area contributed by atoms with E-state index in [2.05, 4.69) is 20.9 Å². The Morgan fingerprint density at radius 2 is 1.91 bits per heavy atom. The second kappa shape index (κ2) is 9.65. The molecule has 0 radical (unpaired) electrons. The lowest BCUT2D eigenvalue weighted by Gasteiger charge is -2.07. The molecule has 168 valence electrons. The molecular formula is C20H15BrF4N3O3S+. The van der Waals surface area contributed by atoms with Crippen molar-refractivity contribution in [3.8, 4) is 16.3 Å². The number of aromatic nitrogens is 1. The molecular weight excluding hydrogens is 518 g/mol. The molecule has 3 rings (SSSR count). The highest BCUT2D eigenvalue weighted by atomic mass is 79.9. The predicted molar refractivity (Wildman–Crippen MR) is 113 cm³/mol. The fourth-order valence-electron chi connectivity index (χ4n) is 2.66. The molecule has 0 saturated carbocycles. The molecule has 0 aliphatic rings. The molecule has 0 atom stereocenters. The number of amidine groups is 1. The number of nitrogen functional groups attached to an aromatic ring is 1. The van der Waals surface area contributed by atoms with Gasteiger partial charge in [0.05, 0.1) is 21.7 Å². The smallest absolute Gasteiger partial charge is 0.488 e. The minimum Gasteiger partial charge on any atom is -0.488 e. The summed E-state index contributed by atoms with van der Waals surface area (Å²) in [5, 5.41) is 9.58. The van der Waals surface area contributed by atoms with E-state index in [1.807, 2.05) is 4.99 Å². The zero-order chi connectivity index (χ0) is 23.5. The molecule has 32 heavy (non-hydrogen) atoms. The summed E-state index contributed by atoms with van der Waals surface area (Å²) in [6, 6.07) is 8.47. The number of carboxylic acid groups (broad SMARTS) is 1. The van der Waals surface area contributed by atoms with E-state index in [9.17, 15) is 22.4 Å². The average molecular weight is 533 g/mol. The topological polar surface area (TPSA) is 99.4 Å². The van der Waals surface area contributed by atoms with Crippen LogP contribution in [0.2, 0.25) is 0 Å². The molecule has 0 unspecified atom stereocenters. The zero-order valence-electron chi connectivity index (χ0n) is 16.0. The number of carbonyl (C=O) groups is 1. The molecule has 0 aliphatic carbocycles. The van der Waals surface area contributed by atoms with Crippen LogP contribution in [0, 0.1) is 5.82 Å². The van der Waals surface area contributed by atoms with E-state index in [1.54, 1.807) is 0 Å². The fraction of sp³-hybridized carbons (Fsp3) is 0.150. The highest BCUT2D eigenvalue weighted by Gasteiger charge is 2.30. The summed E-state index contributed by atoms with van der Waals surface area (Å²) in [5.41, 5.74) is 5.82. The van der Waals surface area contributed by atoms with Gasteiger partial charge in [0.1, 0.15) is 23.2 Å². The molecule has 4 N–H and O–H groups in total. The summed E-state index contributed by atoms with van der Waals surface area (Å²) in [6.07, 6.45) is -5.84. The van der Waals surface area contributed by atoms with Gasteiger partial charge < -0.3 is 9.84 Å². The molecule has 1 aromatic heterocycles. The van der Waals surface area contributed by atoms with Gasteiger partial charge in [-0.2, -0.15) is 23.0 Å². The number of thiazole rings is 1. The number of alkyl halides is 4. The van der Waals surface area contributed by atoms with Gasteiger partial charge in [-0.1, -0.05) is 28.1 Å². The van der Waals surface area contributed by atoms with Gasteiger partial charge in [0.15, 0.2) is 0 Å². The number of nitrogens with one attached hydrogen (secondary N) is 1. The van der Waals surface area contributed by atoms with Crippen LogP contribution in [0.15, 0.2) is 42.5 Å². The molecule has 0 bridgehead atoms. The largest absolute Gasteiger partial charge is 0.502 e. The normalized spacial score (nSPS) is 12.1. The maximum atomic E-state index is 14.3. The minimum absolute atomic E-state index is 0.0462. The van der Waals surface area contributed by atoms with Crippen molar-refractivity contribution in [1.82, 2.24) is 4.98 Å². The Hall–Kier alpha value is -2.99. The molecule has 12 heteroatoms. The number of nitrogens with two attached hydrogens (primary N) is 1. The van der Waals surface area contributed by atoms with Crippen LogP contribution in [0.1, 0.15) is 21.7 Å². The maximum Gasteiger partial charge on any atom is 0.502 e. The van der Waals surface area contributed by atoms with Crippen LogP contribution >= 0.6 is 27.3 Å². The van der Waals surface area contributed by atoms with Crippen molar-refractivity contribution in [3.05, 3.63) is 70.0 Å². The first-order valence-electron chi connectivity index (χ1n) is 8.85. The van der Waals surface area contributed by atoms with Crippen LogP contribution in [0.3, 0.4) is 0 Å². The number of rotatable bonds is 6. The number of hydrogen-bond acceptors (Lipinski definition) is 4. The third-order valence-electron chi connectivity index (χ3n) is 4.21. The Morgan fingerprint density at radius 3 is 2.47 bits per heavy atom. The number of ether oxygens (including phenoxy) is 1. The Balaban J connectivity index is 1.77. The van der Waals surface area contributed by atoms with E-state index in [0.29, 0.717) is 26.5 Å². The Morgan fingerprint density at radius 1 is 1.22 bits per heavy atom. The van der Waals surface area contributed by atoms with Gasteiger partial charge in [-0.3, -0.25) is 5.73 Å². The molecule has 0 saturated heterocycles. The predicted octanol–water partition coefficient (Wildman–Crippen LogP) is 3.91. The highest BCUT2D eigenvalue weighted by molar-refractivity contribution is 9.08. The van der Waals surface area contributed by atoms with Crippen molar-refractivity contribution in [2.24, 2.45) is 5.73 Å². The second-order valence-corrected chi connectivity index (χ2v) is 8.02. The van der Waals surface area contributed by atoms with E-state index in [4.69, 9.17) is 15.6 Å². The molecule has 0 spiro atoms. The fourth-order valence-corrected chi connectivity index (χ4v) is 4.31. The van der Waals surface area contributed by atoms with Gasteiger partial charge in [-0.25, -0.2) is 9.37 Å². The number of amides is 1. The summed E-state index contributed by atoms with van der Waals surface area (Å²) >= 11 is 4.57. The molecule has 0 aliphatic heterocycles. The van der Waals surface area contributed by atoms with Crippen LogP contribution < -0.4 is 15.5 Å². The molecule has 3 aromatic rings. The van der Waals surface area contributed by atoms with Crippen molar-refractivity contribution in [3.63, 3.8) is 0 Å². The maximum absolute atomic E-state index is 14.3. The van der Waals surface area contributed by atoms with E-state index < -0.39 is 23.7 Å². The quantitative estimate of drug-likeness (QED) is 0.193. The van der Waals surface area contributed by atoms with Crippen molar-refractivity contribution >= 4 is 39.2 Å². The number of benzene rings is 2. The highest BCUT2D eigenvalue weighted by Crippen LogP contribution is 2.34. The van der Waals surface area contributed by atoms with Crippen LogP contribution in [-0.4, -0.2) is 22.0 Å². The van der Waals surface area contributed by atoms with Crippen molar-refractivity contribution < 1.29 is 37.2 Å². The van der Waals surface area contributed by atoms with Gasteiger partial charge >= 0.3 is 12.3 Å². The SMILES string of the molecule is N/C(=[NH+]\C(=O)O)c1ccc(OCc2sc(-c3ccc(C(F)(F)F)cc3)nc2CBr)cc1F. The van der Waals surface area contributed by atoms with Gasteiger partial charge in [-0.05, 0) is 24.3 Å². The summed E-state index contributed by atoms with van der Waals surface area (Å²) < 4.78 is 58.1. The molecule has 6 nitrogen and oxygen atoms in total. The van der Waals surface area contributed by atoms with Crippen molar-refractivity contribution in [2.75, 3.05) is 0 Å². The zero-order valence-corrected chi connectivity index (χ0v) is 18.4. The number of halogens is 5. The van der Waals surface area contributed by atoms with E-state index >= 15 is 0 Å². The molecule has 1 amide bonds. The Bertz CT molecular complexity index is 1160. The summed E-state index contributed by atoms with van der Waals surface area (Å²) in [4.78, 5) is 17.7. The first-order chi connectivity index (χ1) is 15.1. The average Bonchev–Trinajstić information content (AvgIpc) is 3.14. The summed E-state index contributed by atoms with van der Waals surface area (Å²) in [6.45, 7) is 0.0462. The van der Waals surface area contributed by atoms with Gasteiger partial charge in [-0.15, -0.1) is 11.3 Å². The molecule has 0 fully saturated rings.